The fraction of sp³-hybridized carbons (Fsp3) is 0.0952. The van der Waals surface area contributed by atoms with Crippen LogP contribution in [0.1, 0.15) is 82.3 Å². The van der Waals surface area contributed by atoms with Crippen LogP contribution >= 0.6 is 0 Å². The second-order valence-corrected chi connectivity index (χ2v) is 17.1. The van der Waals surface area contributed by atoms with Crippen molar-refractivity contribution in [3.05, 3.63) is 292 Å². The molecule has 64 heavy (non-hydrogen) atoms. The van der Waals surface area contributed by atoms with Crippen LogP contribution in [0, 0.1) is 0 Å². The lowest BCUT2D eigenvalue weighted by Gasteiger charge is -2.34. The molecule has 308 valence electrons. The van der Waals surface area contributed by atoms with Crippen molar-refractivity contribution < 1.29 is 0 Å². The third-order valence-corrected chi connectivity index (χ3v) is 13.2. The van der Waals surface area contributed by atoms with Crippen LogP contribution in [0.25, 0.3) is 39.1 Å². The van der Waals surface area contributed by atoms with E-state index in [1.165, 1.54) is 72.3 Å². The third-order valence-electron chi connectivity index (χ3n) is 13.2. The van der Waals surface area contributed by atoms with E-state index in [0.29, 0.717) is 0 Å². The molecular weight excluding hydrogens is 771 g/mol. The smallest absolute Gasteiger partial charge is 0.0713 e. The highest BCUT2D eigenvalue weighted by Crippen LogP contribution is 2.56. The van der Waals surface area contributed by atoms with Crippen molar-refractivity contribution in [3.8, 4) is 22.3 Å². The molecule has 0 unspecified atom stereocenters. The van der Waals surface area contributed by atoms with E-state index in [9.17, 15) is 0 Å². The third kappa shape index (κ3) is 7.65. The first kappa shape index (κ1) is 40.5. The van der Waals surface area contributed by atoms with Gasteiger partial charge in [0.2, 0.25) is 0 Å². The van der Waals surface area contributed by atoms with Gasteiger partial charge >= 0.3 is 0 Å². The van der Waals surface area contributed by atoms with Gasteiger partial charge in [0, 0.05) is 11.3 Å². The molecule has 0 radical (unpaired) electrons. The minimum Gasteiger partial charge on any atom is -0.252 e. The van der Waals surface area contributed by atoms with Crippen LogP contribution in [-0.2, 0) is 11.8 Å². The van der Waals surface area contributed by atoms with Crippen LogP contribution in [0.3, 0.4) is 0 Å². The average molecular weight is 822 g/mol. The van der Waals surface area contributed by atoms with E-state index in [1.54, 1.807) is 0 Å². The Morgan fingerprint density at radius 2 is 1.12 bits per heavy atom. The van der Waals surface area contributed by atoms with Gasteiger partial charge in [-0.1, -0.05) is 224 Å². The molecular formula is C63H51N. The molecule has 0 atom stereocenters. The molecule has 8 aromatic carbocycles. The largest absolute Gasteiger partial charge is 0.252 e. The fourth-order valence-corrected chi connectivity index (χ4v) is 9.90. The number of hydrogen-bond donors (Lipinski definition) is 0. The van der Waals surface area contributed by atoms with E-state index in [0.717, 1.165) is 52.9 Å². The van der Waals surface area contributed by atoms with Crippen LogP contribution in [0.4, 0.5) is 0 Å². The maximum Gasteiger partial charge on any atom is 0.0713 e. The van der Waals surface area contributed by atoms with Crippen molar-refractivity contribution in [2.45, 2.75) is 38.5 Å². The maximum absolute atomic E-state index is 5.46. The quantitative estimate of drug-likeness (QED) is 0.0910. The lowest BCUT2D eigenvalue weighted by atomic mass is 9.67. The number of fused-ring (bicyclic) bond motifs is 3. The van der Waals surface area contributed by atoms with Crippen molar-refractivity contribution in [2.75, 3.05) is 0 Å². The van der Waals surface area contributed by atoms with Gasteiger partial charge < -0.3 is 0 Å². The van der Waals surface area contributed by atoms with Gasteiger partial charge in [-0.2, -0.15) is 0 Å². The van der Waals surface area contributed by atoms with E-state index in [1.807, 2.05) is 6.07 Å². The molecule has 0 aliphatic heterocycles. The second kappa shape index (κ2) is 17.6. The molecule has 0 fully saturated rings. The minimum absolute atomic E-state index is 0.479. The van der Waals surface area contributed by atoms with Gasteiger partial charge in [-0.3, -0.25) is 4.99 Å². The highest BCUT2D eigenvalue weighted by molar-refractivity contribution is 6.04. The number of hydrogen-bond acceptors (Lipinski definition) is 1. The molecule has 0 saturated carbocycles. The van der Waals surface area contributed by atoms with Gasteiger partial charge in [-0.25, -0.2) is 0 Å². The van der Waals surface area contributed by atoms with Gasteiger partial charge in [0.25, 0.3) is 0 Å². The Balaban J connectivity index is 0.995. The summed E-state index contributed by atoms with van der Waals surface area (Å²) >= 11 is 0. The van der Waals surface area contributed by atoms with Crippen molar-refractivity contribution in [2.24, 2.45) is 4.99 Å². The first-order valence-corrected chi connectivity index (χ1v) is 22.5. The zero-order valence-corrected chi connectivity index (χ0v) is 36.6. The molecule has 2 aliphatic rings. The zero-order valence-electron chi connectivity index (χ0n) is 36.6. The van der Waals surface area contributed by atoms with Crippen LogP contribution < -0.4 is 0 Å². The Bertz CT molecular complexity index is 3070. The summed E-state index contributed by atoms with van der Waals surface area (Å²) in [5.74, 6) is 0. The minimum atomic E-state index is -0.479. The van der Waals surface area contributed by atoms with Crippen LogP contribution in [0.15, 0.2) is 242 Å². The van der Waals surface area contributed by atoms with Crippen molar-refractivity contribution in [3.63, 3.8) is 0 Å². The van der Waals surface area contributed by atoms with E-state index in [-0.39, 0.29) is 0 Å². The standard InChI is InChI=1S/C63H51N/c1-44-19-13-15-27-56(44)57-28-16-14-22-53(57)42-47-31-33-49(34-32-47)50-35-37-51(38-36-50)62(41-45(2)48-20-7-4-8-21-48)64-46(3)52-39-40-59-58-29-17-18-30-60(58)63(61(59)43-52,54-23-9-5-10-24-54)55-25-11-6-12-26-55/h4-12,14-18,20-41,43H,2,13,19,42H2,1,3H3/b62-41-,64-46+. The van der Waals surface area contributed by atoms with Gasteiger partial charge in [-0.05, 0) is 129 Å². The summed E-state index contributed by atoms with van der Waals surface area (Å²) in [7, 11) is 0. The summed E-state index contributed by atoms with van der Waals surface area (Å²) in [6, 6.07) is 74.9. The van der Waals surface area contributed by atoms with Gasteiger partial charge in [0.1, 0.15) is 0 Å². The van der Waals surface area contributed by atoms with Gasteiger partial charge in [0.15, 0.2) is 0 Å². The van der Waals surface area contributed by atoms with E-state index in [4.69, 9.17) is 4.99 Å². The van der Waals surface area contributed by atoms with Crippen LogP contribution in [0.2, 0.25) is 0 Å². The zero-order chi connectivity index (χ0) is 43.5. The summed E-state index contributed by atoms with van der Waals surface area (Å²) in [6.07, 6.45) is 9.90. The number of benzene rings is 8. The van der Waals surface area contributed by atoms with E-state index in [2.05, 4.69) is 239 Å². The highest BCUT2D eigenvalue weighted by atomic mass is 14.8. The summed E-state index contributed by atoms with van der Waals surface area (Å²) in [4.78, 5) is 5.46. The maximum atomic E-state index is 5.46. The normalized spacial score (nSPS) is 14.3. The highest BCUT2D eigenvalue weighted by Gasteiger charge is 2.46. The van der Waals surface area contributed by atoms with Crippen molar-refractivity contribution >= 4 is 22.6 Å². The SMILES string of the molecule is C=C(/C=C(\N=C(/C)c1ccc2c(c1)C(c1ccccc1)(c1ccccc1)c1ccccc1-2)c1ccc(-c2ccc(Cc3ccccc3C3=C(C)CCC=C3)cc2)cc1)c1ccccc1. The molecule has 0 N–H and O–H groups in total. The Kier molecular flexibility index (Phi) is 11.1. The molecule has 2 aliphatic carbocycles. The van der Waals surface area contributed by atoms with Crippen LogP contribution in [0.5, 0.6) is 0 Å². The number of nitrogens with zero attached hydrogens (tertiary/aromatic N) is 1. The van der Waals surface area contributed by atoms with E-state index < -0.39 is 5.41 Å². The Morgan fingerprint density at radius 3 is 1.80 bits per heavy atom. The summed E-state index contributed by atoms with van der Waals surface area (Å²) in [6.45, 7) is 8.92. The Labute approximate surface area is 378 Å². The molecule has 8 aromatic rings. The first-order valence-electron chi connectivity index (χ1n) is 22.5. The molecule has 10 rings (SSSR count). The van der Waals surface area contributed by atoms with Gasteiger partial charge in [0.05, 0.1) is 11.1 Å². The molecule has 0 spiro atoms. The summed E-state index contributed by atoms with van der Waals surface area (Å²) in [5.41, 5.74) is 22.3. The molecule has 0 amide bonds. The molecule has 1 heteroatoms. The monoisotopic (exact) mass is 821 g/mol. The summed E-state index contributed by atoms with van der Waals surface area (Å²) < 4.78 is 0. The van der Waals surface area contributed by atoms with Crippen molar-refractivity contribution in [1.29, 1.82) is 0 Å². The lowest BCUT2D eigenvalue weighted by molar-refractivity contribution is 0.768. The number of aliphatic imine (C=N–C) groups is 1. The van der Waals surface area contributed by atoms with Crippen LogP contribution in [-0.4, -0.2) is 5.71 Å². The van der Waals surface area contributed by atoms with Crippen molar-refractivity contribution in [1.82, 2.24) is 0 Å². The lowest BCUT2D eigenvalue weighted by Crippen LogP contribution is -2.28. The number of allylic oxidation sites excluding steroid dienone is 6. The predicted molar refractivity (Wildman–Crippen MR) is 272 cm³/mol. The second-order valence-electron chi connectivity index (χ2n) is 17.1. The molecule has 0 aromatic heterocycles. The number of rotatable bonds is 11. The molecule has 1 nitrogen and oxygen atoms in total. The topological polar surface area (TPSA) is 12.4 Å². The Morgan fingerprint density at radius 1 is 0.562 bits per heavy atom. The molecule has 0 heterocycles. The van der Waals surface area contributed by atoms with Gasteiger partial charge in [-0.15, -0.1) is 0 Å². The summed E-state index contributed by atoms with van der Waals surface area (Å²) in [5, 5.41) is 0. The average Bonchev–Trinajstić information content (AvgIpc) is 3.65. The molecule has 0 bridgehead atoms. The Hall–Kier alpha value is -7.61. The van der Waals surface area contributed by atoms with E-state index >= 15 is 0 Å². The fourth-order valence-electron chi connectivity index (χ4n) is 9.90. The molecule has 0 saturated heterocycles. The predicted octanol–water partition coefficient (Wildman–Crippen LogP) is 16.0. The first-order chi connectivity index (χ1) is 31.5.